The molecule has 26 heavy (non-hydrogen) atoms. The zero-order valence-corrected chi connectivity index (χ0v) is 14.1. The first-order chi connectivity index (χ1) is 12.6. The van der Waals surface area contributed by atoms with Gasteiger partial charge in [0.1, 0.15) is 17.0 Å². The SMILES string of the molecule is O=C1NC(CC2c3ccccc3Oc3ccccc32)(C(=O)O)C2CC1C2. The summed E-state index contributed by atoms with van der Waals surface area (Å²) in [6.07, 6.45) is 1.68. The molecule has 4 aliphatic rings. The van der Waals surface area contributed by atoms with Crippen LogP contribution in [0.3, 0.4) is 0 Å². The van der Waals surface area contributed by atoms with E-state index in [1.165, 1.54) is 0 Å². The van der Waals surface area contributed by atoms with Crippen molar-refractivity contribution in [2.45, 2.75) is 30.7 Å². The standard InChI is InChI=1S/C21H19NO4/c23-19-12-9-13(10-12)21(22-19,20(24)25)11-16-14-5-1-3-7-17(14)26-18-8-4-2-6-15(16)18/h1-8,12-13,16H,9-11H2,(H,22,23)(H,24,25). The summed E-state index contributed by atoms with van der Waals surface area (Å²) in [7, 11) is 0. The number of hydrogen-bond acceptors (Lipinski definition) is 3. The van der Waals surface area contributed by atoms with Crippen LogP contribution in [0.2, 0.25) is 0 Å². The number of rotatable bonds is 3. The second kappa shape index (κ2) is 5.34. The Morgan fingerprint density at radius 1 is 1.08 bits per heavy atom. The Balaban J connectivity index is 1.61. The summed E-state index contributed by atoms with van der Waals surface area (Å²) in [6, 6.07) is 15.5. The highest BCUT2D eigenvalue weighted by molar-refractivity contribution is 5.92. The number of ether oxygens (including phenoxy) is 1. The van der Waals surface area contributed by atoms with Gasteiger partial charge in [0.2, 0.25) is 5.91 Å². The van der Waals surface area contributed by atoms with Crippen LogP contribution in [0, 0.1) is 11.8 Å². The quantitative estimate of drug-likeness (QED) is 0.891. The van der Waals surface area contributed by atoms with Crippen molar-refractivity contribution in [2.75, 3.05) is 0 Å². The van der Waals surface area contributed by atoms with Crippen LogP contribution in [-0.2, 0) is 9.59 Å². The molecule has 1 aliphatic carbocycles. The summed E-state index contributed by atoms with van der Waals surface area (Å²) < 4.78 is 6.01. The lowest BCUT2D eigenvalue weighted by Crippen LogP contribution is -2.70. The smallest absolute Gasteiger partial charge is 0.329 e. The maximum atomic E-state index is 12.3. The van der Waals surface area contributed by atoms with Crippen molar-refractivity contribution in [1.29, 1.82) is 0 Å². The van der Waals surface area contributed by atoms with Crippen molar-refractivity contribution in [3.05, 3.63) is 59.7 Å². The molecule has 5 heteroatoms. The molecule has 1 saturated carbocycles. The maximum absolute atomic E-state index is 12.3. The van der Waals surface area contributed by atoms with E-state index in [0.717, 1.165) is 22.6 Å². The van der Waals surface area contributed by atoms with Gasteiger partial charge in [-0.05, 0) is 37.3 Å². The van der Waals surface area contributed by atoms with Gasteiger partial charge in [0.25, 0.3) is 0 Å². The fourth-order valence-electron chi connectivity index (χ4n) is 4.74. The molecule has 2 saturated heterocycles. The first kappa shape index (κ1) is 15.4. The van der Waals surface area contributed by atoms with Gasteiger partial charge in [0.05, 0.1) is 0 Å². The van der Waals surface area contributed by atoms with E-state index in [1.54, 1.807) is 0 Å². The number of aliphatic carboxylic acids is 1. The fraction of sp³-hybridized carbons (Fsp3) is 0.333. The molecule has 2 N–H and O–H groups in total. The molecule has 2 bridgehead atoms. The van der Waals surface area contributed by atoms with Crippen molar-refractivity contribution in [3.63, 3.8) is 0 Å². The zero-order valence-electron chi connectivity index (χ0n) is 14.1. The second-order valence-corrected chi connectivity index (χ2v) is 7.57. The Bertz CT molecular complexity index is 872. The molecule has 3 fully saturated rings. The van der Waals surface area contributed by atoms with E-state index < -0.39 is 11.5 Å². The Morgan fingerprint density at radius 3 is 2.19 bits per heavy atom. The van der Waals surface area contributed by atoms with E-state index in [2.05, 4.69) is 5.32 Å². The number of carbonyl (C=O) groups excluding carboxylic acids is 1. The minimum Gasteiger partial charge on any atom is -0.479 e. The van der Waals surface area contributed by atoms with E-state index in [-0.39, 0.29) is 23.7 Å². The third-order valence-corrected chi connectivity index (χ3v) is 6.27. The molecule has 3 heterocycles. The first-order valence-electron chi connectivity index (χ1n) is 8.99. The summed E-state index contributed by atoms with van der Waals surface area (Å²) in [5, 5.41) is 12.9. The highest BCUT2D eigenvalue weighted by Crippen LogP contribution is 2.53. The highest BCUT2D eigenvalue weighted by atomic mass is 16.5. The third kappa shape index (κ3) is 2.03. The van der Waals surface area contributed by atoms with E-state index in [4.69, 9.17) is 4.74 Å². The number of fused-ring (bicyclic) bond motifs is 4. The highest BCUT2D eigenvalue weighted by Gasteiger charge is 2.59. The van der Waals surface area contributed by atoms with Crippen LogP contribution in [0.15, 0.2) is 48.5 Å². The number of nitrogens with one attached hydrogen (secondary N) is 1. The lowest BCUT2D eigenvalue weighted by molar-refractivity contribution is -0.164. The summed E-state index contributed by atoms with van der Waals surface area (Å²) in [5.41, 5.74) is 0.735. The number of para-hydroxylation sites is 2. The second-order valence-electron chi connectivity index (χ2n) is 7.57. The van der Waals surface area contributed by atoms with Gasteiger partial charge in [0.15, 0.2) is 0 Å². The average molecular weight is 349 g/mol. The van der Waals surface area contributed by atoms with Gasteiger partial charge in [-0.2, -0.15) is 0 Å². The number of carbonyl (C=O) groups is 2. The zero-order chi connectivity index (χ0) is 17.9. The summed E-state index contributed by atoms with van der Waals surface area (Å²) >= 11 is 0. The maximum Gasteiger partial charge on any atom is 0.329 e. The summed E-state index contributed by atoms with van der Waals surface area (Å²) in [5.74, 6) is 0.297. The Morgan fingerprint density at radius 2 is 1.65 bits per heavy atom. The molecular weight excluding hydrogens is 330 g/mol. The van der Waals surface area contributed by atoms with Gasteiger partial charge >= 0.3 is 5.97 Å². The van der Waals surface area contributed by atoms with Crippen LogP contribution in [0.5, 0.6) is 11.5 Å². The number of benzene rings is 2. The van der Waals surface area contributed by atoms with Gasteiger partial charge in [-0.25, -0.2) is 4.79 Å². The molecule has 2 aromatic carbocycles. The normalized spacial score (nSPS) is 28.8. The van der Waals surface area contributed by atoms with Crippen LogP contribution in [0.25, 0.3) is 0 Å². The largest absolute Gasteiger partial charge is 0.479 e. The molecule has 0 spiro atoms. The molecule has 1 atom stereocenters. The molecule has 6 rings (SSSR count). The van der Waals surface area contributed by atoms with Crippen LogP contribution < -0.4 is 10.1 Å². The monoisotopic (exact) mass is 349 g/mol. The third-order valence-electron chi connectivity index (χ3n) is 6.27. The molecule has 3 aliphatic heterocycles. The number of carboxylic acid groups (broad SMARTS) is 1. The summed E-state index contributed by atoms with van der Waals surface area (Å²) in [4.78, 5) is 24.6. The molecule has 1 unspecified atom stereocenters. The number of carboxylic acids is 1. The van der Waals surface area contributed by atoms with Crippen LogP contribution >= 0.6 is 0 Å². The molecule has 5 nitrogen and oxygen atoms in total. The Hall–Kier alpha value is -2.82. The molecular formula is C21H19NO4. The van der Waals surface area contributed by atoms with E-state index in [1.807, 2.05) is 48.5 Å². The molecule has 0 aromatic heterocycles. The minimum absolute atomic E-state index is 0.00938. The topological polar surface area (TPSA) is 75.6 Å². The van der Waals surface area contributed by atoms with Crippen LogP contribution in [0.4, 0.5) is 0 Å². The number of amides is 1. The predicted molar refractivity (Wildman–Crippen MR) is 94.1 cm³/mol. The predicted octanol–water partition coefficient (Wildman–Crippen LogP) is 3.29. The summed E-state index contributed by atoms with van der Waals surface area (Å²) in [6.45, 7) is 0. The van der Waals surface area contributed by atoms with Crippen LogP contribution in [0.1, 0.15) is 36.3 Å². The molecule has 2 aromatic rings. The number of hydrogen-bond donors (Lipinski definition) is 2. The fourth-order valence-corrected chi connectivity index (χ4v) is 4.74. The van der Waals surface area contributed by atoms with Gasteiger partial charge < -0.3 is 15.2 Å². The van der Waals surface area contributed by atoms with E-state index in [0.29, 0.717) is 19.3 Å². The Kier molecular flexibility index (Phi) is 3.17. The van der Waals surface area contributed by atoms with E-state index in [9.17, 15) is 14.7 Å². The van der Waals surface area contributed by atoms with Crippen molar-refractivity contribution < 1.29 is 19.4 Å². The first-order valence-corrected chi connectivity index (χ1v) is 8.99. The lowest BCUT2D eigenvalue weighted by Gasteiger charge is -2.53. The van der Waals surface area contributed by atoms with Crippen molar-refractivity contribution in [3.8, 4) is 11.5 Å². The van der Waals surface area contributed by atoms with E-state index >= 15 is 0 Å². The van der Waals surface area contributed by atoms with Gasteiger partial charge in [-0.15, -0.1) is 0 Å². The minimum atomic E-state index is -1.21. The van der Waals surface area contributed by atoms with Gasteiger partial charge in [-0.3, -0.25) is 4.79 Å². The van der Waals surface area contributed by atoms with Crippen molar-refractivity contribution >= 4 is 11.9 Å². The van der Waals surface area contributed by atoms with Gasteiger partial charge in [0, 0.05) is 23.0 Å². The van der Waals surface area contributed by atoms with Crippen molar-refractivity contribution in [2.24, 2.45) is 11.8 Å². The molecule has 132 valence electrons. The van der Waals surface area contributed by atoms with Crippen LogP contribution in [-0.4, -0.2) is 22.5 Å². The van der Waals surface area contributed by atoms with Crippen molar-refractivity contribution in [1.82, 2.24) is 5.32 Å². The molecule has 0 radical (unpaired) electrons. The Labute approximate surface area is 151 Å². The lowest BCUT2D eigenvalue weighted by atomic mass is 9.58. The average Bonchev–Trinajstić information content (AvgIpc) is 2.60. The number of piperidine rings is 2. The van der Waals surface area contributed by atoms with Gasteiger partial charge in [-0.1, -0.05) is 36.4 Å². The molecule has 1 amide bonds.